The summed E-state index contributed by atoms with van der Waals surface area (Å²) in [6.45, 7) is 7.71. The molecule has 1 aromatic heterocycles. The van der Waals surface area contributed by atoms with Gasteiger partial charge in [0.25, 0.3) is 0 Å². The third kappa shape index (κ3) is 3.68. The van der Waals surface area contributed by atoms with Crippen molar-refractivity contribution in [3.8, 4) is 0 Å². The fourth-order valence-corrected chi connectivity index (χ4v) is 4.30. The molecular formula is C19H32N4O2. The first-order valence-electron chi connectivity index (χ1n) is 9.63. The van der Waals surface area contributed by atoms with Crippen molar-refractivity contribution in [3.05, 3.63) is 17.5 Å². The van der Waals surface area contributed by atoms with Gasteiger partial charge in [0.15, 0.2) is 11.7 Å². The standard InChI is InChI=1S/C19H32N4O2/c1-5-24-17-11-16(19(17)8-6-7-9-19)22-18(20-4)21-12-14-10-15(13(2)3)23-25-14/h10,13,16-17H,5-9,11-12H2,1-4H3,(H2,20,21,22). The molecule has 2 atom stereocenters. The molecule has 2 aliphatic rings. The molecular weight excluding hydrogens is 316 g/mol. The van der Waals surface area contributed by atoms with E-state index in [0.717, 1.165) is 30.4 Å². The summed E-state index contributed by atoms with van der Waals surface area (Å²) < 4.78 is 11.4. The summed E-state index contributed by atoms with van der Waals surface area (Å²) in [6, 6.07) is 2.46. The van der Waals surface area contributed by atoms with Gasteiger partial charge >= 0.3 is 0 Å². The van der Waals surface area contributed by atoms with Gasteiger partial charge in [-0.3, -0.25) is 4.99 Å². The third-order valence-corrected chi connectivity index (χ3v) is 5.82. The van der Waals surface area contributed by atoms with E-state index < -0.39 is 0 Å². The maximum Gasteiger partial charge on any atom is 0.191 e. The maximum absolute atomic E-state index is 5.99. The molecule has 1 aromatic rings. The van der Waals surface area contributed by atoms with Crippen LogP contribution in [0.1, 0.15) is 70.2 Å². The maximum atomic E-state index is 5.99. The average molecular weight is 348 g/mol. The molecule has 0 radical (unpaired) electrons. The molecule has 0 bridgehead atoms. The van der Waals surface area contributed by atoms with E-state index in [1.54, 1.807) is 0 Å². The first-order chi connectivity index (χ1) is 12.1. The largest absolute Gasteiger partial charge is 0.378 e. The molecule has 1 heterocycles. The Bertz CT molecular complexity index is 590. The van der Waals surface area contributed by atoms with Crippen molar-refractivity contribution in [1.82, 2.24) is 15.8 Å². The predicted octanol–water partition coefficient (Wildman–Crippen LogP) is 3.20. The quantitative estimate of drug-likeness (QED) is 0.610. The first kappa shape index (κ1) is 18.2. The second-order valence-electron chi connectivity index (χ2n) is 7.62. The lowest BCUT2D eigenvalue weighted by Crippen LogP contribution is -2.65. The zero-order valence-electron chi connectivity index (χ0n) is 16.0. The molecule has 2 unspecified atom stereocenters. The second-order valence-corrected chi connectivity index (χ2v) is 7.62. The highest BCUT2D eigenvalue weighted by atomic mass is 16.5. The van der Waals surface area contributed by atoms with Gasteiger partial charge in [-0.05, 0) is 32.1 Å². The van der Waals surface area contributed by atoms with Crippen LogP contribution in [0.15, 0.2) is 15.6 Å². The summed E-state index contributed by atoms with van der Waals surface area (Å²) in [5, 5.41) is 11.1. The van der Waals surface area contributed by atoms with Gasteiger partial charge in [-0.2, -0.15) is 0 Å². The van der Waals surface area contributed by atoms with Gasteiger partial charge in [0.1, 0.15) is 0 Å². The van der Waals surface area contributed by atoms with E-state index in [-0.39, 0.29) is 0 Å². The lowest BCUT2D eigenvalue weighted by atomic mass is 9.60. The van der Waals surface area contributed by atoms with Crippen molar-refractivity contribution in [2.45, 2.75) is 77.5 Å². The lowest BCUT2D eigenvalue weighted by molar-refractivity contribution is -0.125. The highest BCUT2D eigenvalue weighted by Gasteiger charge is 2.56. The molecule has 0 aliphatic heterocycles. The number of hydrogen-bond acceptors (Lipinski definition) is 4. The number of nitrogens with one attached hydrogen (secondary N) is 2. The Kier molecular flexibility index (Phi) is 5.67. The Morgan fingerprint density at radius 2 is 2.20 bits per heavy atom. The SMILES string of the molecule is CCOC1CC(NC(=NC)NCc2cc(C(C)C)no2)C12CCCC2. The van der Waals surface area contributed by atoms with E-state index in [2.05, 4.69) is 41.6 Å². The molecule has 2 aliphatic carbocycles. The fourth-order valence-electron chi connectivity index (χ4n) is 4.30. The summed E-state index contributed by atoms with van der Waals surface area (Å²) in [5.74, 6) is 2.04. The van der Waals surface area contributed by atoms with E-state index in [9.17, 15) is 0 Å². The lowest BCUT2D eigenvalue weighted by Gasteiger charge is -2.54. The van der Waals surface area contributed by atoms with Crippen LogP contribution in [0.5, 0.6) is 0 Å². The summed E-state index contributed by atoms with van der Waals surface area (Å²) in [4.78, 5) is 4.38. The van der Waals surface area contributed by atoms with Crippen LogP contribution in [-0.4, -0.2) is 36.9 Å². The fraction of sp³-hybridized carbons (Fsp3) is 0.789. The normalized spacial score (nSPS) is 25.4. The minimum atomic E-state index is 0.296. The molecule has 25 heavy (non-hydrogen) atoms. The second kappa shape index (κ2) is 7.77. The first-order valence-corrected chi connectivity index (χ1v) is 9.63. The zero-order chi connectivity index (χ0) is 17.9. The highest BCUT2D eigenvalue weighted by Crippen LogP contribution is 2.54. The molecule has 0 amide bonds. The van der Waals surface area contributed by atoms with Crippen LogP contribution in [0.3, 0.4) is 0 Å². The molecule has 6 heteroatoms. The van der Waals surface area contributed by atoms with Gasteiger partial charge in [0, 0.05) is 31.2 Å². The van der Waals surface area contributed by atoms with Crippen LogP contribution in [0.25, 0.3) is 0 Å². The van der Waals surface area contributed by atoms with Crippen molar-refractivity contribution in [2.75, 3.05) is 13.7 Å². The Labute approximate surface area is 150 Å². The average Bonchev–Trinajstić information content (AvgIpc) is 3.27. The van der Waals surface area contributed by atoms with Crippen LogP contribution in [0.4, 0.5) is 0 Å². The Balaban J connectivity index is 1.55. The number of aliphatic imine (C=N–C) groups is 1. The third-order valence-electron chi connectivity index (χ3n) is 5.82. The van der Waals surface area contributed by atoms with E-state index in [1.165, 1.54) is 25.7 Å². The molecule has 6 nitrogen and oxygen atoms in total. The number of rotatable bonds is 6. The monoisotopic (exact) mass is 348 g/mol. The van der Waals surface area contributed by atoms with E-state index in [0.29, 0.717) is 30.0 Å². The molecule has 2 fully saturated rings. The molecule has 2 saturated carbocycles. The smallest absolute Gasteiger partial charge is 0.191 e. The van der Waals surface area contributed by atoms with Crippen LogP contribution < -0.4 is 10.6 Å². The number of hydrogen-bond donors (Lipinski definition) is 2. The van der Waals surface area contributed by atoms with Gasteiger partial charge in [-0.25, -0.2) is 0 Å². The Morgan fingerprint density at radius 3 is 2.80 bits per heavy atom. The van der Waals surface area contributed by atoms with Gasteiger partial charge in [-0.15, -0.1) is 0 Å². The van der Waals surface area contributed by atoms with E-state index in [1.807, 2.05) is 13.1 Å². The molecule has 0 saturated heterocycles. The van der Waals surface area contributed by atoms with Gasteiger partial charge in [0.2, 0.25) is 0 Å². The van der Waals surface area contributed by atoms with Gasteiger partial charge in [0.05, 0.1) is 18.3 Å². The van der Waals surface area contributed by atoms with Crippen molar-refractivity contribution in [1.29, 1.82) is 0 Å². The summed E-state index contributed by atoms with van der Waals surface area (Å²) in [6.07, 6.45) is 6.60. The number of nitrogens with zero attached hydrogens (tertiary/aromatic N) is 2. The van der Waals surface area contributed by atoms with Crippen LogP contribution in [0.2, 0.25) is 0 Å². The summed E-state index contributed by atoms with van der Waals surface area (Å²) >= 11 is 0. The Hall–Kier alpha value is -1.56. The zero-order valence-corrected chi connectivity index (χ0v) is 16.0. The van der Waals surface area contributed by atoms with Crippen molar-refractivity contribution < 1.29 is 9.26 Å². The molecule has 0 aromatic carbocycles. The molecule has 3 rings (SSSR count). The van der Waals surface area contributed by atoms with Crippen LogP contribution >= 0.6 is 0 Å². The van der Waals surface area contributed by atoms with E-state index in [4.69, 9.17) is 9.26 Å². The topological polar surface area (TPSA) is 71.7 Å². The van der Waals surface area contributed by atoms with Crippen molar-refractivity contribution in [2.24, 2.45) is 10.4 Å². The number of aromatic nitrogens is 1. The predicted molar refractivity (Wildman–Crippen MR) is 98.6 cm³/mol. The molecule has 140 valence electrons. The highest BCUT2D eigenvalue weighted by molar-refractivity contribution is 5.80. The number of guanidine groups is 1. The number of ether oxygens (including phenoxy) is 1. The minimum absolute atomic E-state index is 0.296. The van der Waals surface area contributed by atoms with E-state index >= 15 is 0 Å². The molecule has 1 spiro atoms. The molecule has 2 N–H and O–H groups in total. The minimum Gasteiger partial charge on any atom is -0.378 e. The summed E-state index contributed by atoms with van der Waals surface area (Å²) in [7, 11) is 1.81. The van der Waals surface area contributed by atoms with Gasteiger partial charge in [-0.1, -0.05) is 31.8 Å². The summed E-state index contributed by atoms with van der Waals surface area (Å²) in [5.41, 5.74) is 1.29. The van der Waals surface area contributed by atoms with Crippen LogP contribution in [0, 0.1) is 5.41 Å². The van der Waals surface area contributed by atoms with Crippen molar-refractivity contribution in [3.63, 3.8) is 0 Å². The van der Waals surface area contributed by atoms with Crippen molar-refractivity contribution >= 4 is 5.96 Å². The Morgan fingerprint density at radius 1 is 1.44 bits per heavy atom. The van der Waals surface area contributed by atoms with Crippen LogP contribution in [-0.2, 0) is 11.3 Å². The van der Waals surface area contributed by atoms with Gasteiger partial charge < -0.3 is 19.9 Å².